The molecule has 0 aromatic heterocycles. The molecule has 1 N–H and O–H groups in total. The van der Waals surface area contributed by atoms with Gasteiger partial charge in [-0.25, -0.2) is 8.42 Å². The number of hydrogen-bond donors (Lipinski definition) is 1. The minimum absolute atomic E-state index is 0.0891. The highest BCUT2D eigenvalue weighted by Crippen LogP contribution is 2.39. The molecule has 1 aliphatic carbocycles. The van der Waals surface area contributed by atoms with E-state index in [0.717, 1.165) is 12.8 Å². The van der Waals surface area contributed by atoms with Crippen molar-refractivity contribution in [3.63, 3.8) is 0 Å². The van der Waals surface area contributed by atoms with E-state index in [2.05, 4.69) is 0 Å². The van der Waals surface area contributed by atoms with Gasteiger partial charge in [-0.05, 0) is 42.4 Å². The number of aliphatic carboxylic acids is 1. The number of hydrogen-bond acceptors (Lipinski definition) is 3. The largest absolute Gasteiger partial charge is 0.481 e. The Morgan fingerprint density at radius 1 is 1.14 bits per heavy atom. The third-order valence-electron chi connectivity index (χ3n) is 4.61. The van der Waals surface area contributed by atoms with Gasteiger partial charge in [-0.2, -0.15) is 4.31 Å². The first-order valence-electron chi connectivity index (χ1n) is 7.28. The highest BCUT2D eigenvalue weighted by atomic mass is 32.2. The molecule has 1 saturated carbocycles. The van der Waals surface area contributed by atoms with Crippen LogP contribution >= 0.6 is 0 Å². The number of sulfonamides is 1. The van der Waals surface area contributed by atoms with Crippen molar-refractivity contribution in [2.45, 2.75) is 30.6 Å². The average Bonchev–Trinajstić information content (AvgIpc) is 2.99. The molecule has 6 heteroatoms. The first-order chi connectivity index (χ1) is 9.96. The molecule has 1 aliphatic heterocycles. The van der Waals surface area contributed by atoms with E-state index in [9.17, 15) is 13.2 Å². The van der Waals surface area contributed by atoms with Crippen LogP contribution in [0.15, 0.2) is 29.2 Å². The van der Waals surface area contributed by atoms with Gasteiger partial charge in [0.1, 0.15) is 0 Å². The highest BCUT2D eigenvalue weighted by molar-refractivity contribution is 7.89. The van der Waals surface area contributed by atoms with Crippen LogP contribution in [0.3, 0.4) is 0 Å². The molecule has 1 heterocycles. The van der Waals surface area contributed by atoms with Crippen LogP contribution in [0.25, 0.3) is 0 Å². The van der Waals surface area contributed by atoms with Crippen molar-refractivity contribution < 1.29 is 18.3 Å². The molecular weight excluding hydrogens is 290 g/mol. The minimum Gasteiger partial charge on any atom is -0.481 e. The fourth-order valence-electron chi connectivity index (χ4n) is 3.49. The van der Waals surface area contributed by atoms with Crippen LogP contribution in [0.4, 0.5) is 0 Å². The van der Waals surface area contributed by atoms with Gasteiger partial charge in [0.05, 0.1) is 11.3 Å². The third kappa shape index (κ3) is 2.82. The van der Waals surface area contributed by atoms with Crippen molar-refractivity contribution in [3.8, 4) is 0 Å². The molecule has 0 radical (unpaired) electrons. The number of carbonyl (C=O) groups is 1. The number of carboxylic acid groups (broad SMARTS) is 1. The van der Waals surface area contributed by atoms with Crippen molar-refractivity contribution in [1.29, 1.82) is 0 Å². The second-order valence-corrected chi connectivity index (χ2v) is 7.93. The van der Waals surface area contributed by atoms with Crippen LogP contribution in [0, 0.1) is 11.8 Å². The maximum Gasteiger partial charge on any atom is 0.307 e. The molecule has 1 saturated heterocycles. The Labute approximate surface area is 124 Å². The summed E-state index contributed by atoms with van der Waals surface area (Å²) in [6, 6.07) is 6.19. The van der Waals surface area contributed by atoms with E-state index in [1.807, 2.05) is 0 Å². The van der Waals surface area contributed by atoms with Gasteiger partial charge >= 0.3 is 5.97 Å². The predicted molar refractivity (Wildman–Crippen MR) is 77.4 cm³/mol. The van der Waals surface area contributed by atoms with E-state index in [-0.39, 0.29) is 11.3 Å². The van der Waals surface area contributed by atoms with E-state index in [1.165, 1.54) is 18.6 Å². The lowest BCUT2D eigenvalue weighted by Crippen LogP contribution is -2.29. The van der Waals surface area contributed by atoms with Crippen LogP contribution in [-0.2, 0) is 21.2 Å². The molecule has 3 rings (SSSR count). The monoisotopic (exact) mass is 309 g/mol. The van der Waals surface area contributed by atoms with Gasteiger partial charge in [-0.15, -0.1) is 0 Å². The molecule has 5 nitrogen and oxygen atoms in total. The summed E-state index contributed by atoms with van der Waals surface area (Å²) in [5.41, 5.74) is 0.611. The molecule has 0 spiro atoms. The highest BCUT2D eigenvalue weighted by Gasteiger charge is 2.41. The molecular formula is C15H19NO4S. The maximum absolute atomic E-state index is 12.6. The average molecular weight is 309 g/mol. The lowest BCUT2D eigenvalue weighted by Gasteiger charge is -2.17. The van der Waals surface area contributed by atoms with E-state index < -0.39 is 16.0 Å². The van der Waals surface area contributed by atoms with Gasteiger partial charge in [-0.3, -0.25) is 4.79 Å². The Balaban J connectivity index is 1.77. The first-order valence-corrected chi connectivity index (χ1v) is 8.72. The molecule has 2 fully saturated rings. The third-order valence-corrected chi connectivity index (χ3v) is 6.46. The lowest BCUT2D eigenvalue weighted by atomic mass is 10.0. The summed E-state index contributed by atoms with van der Waals surface area (Å²) in [6.07, 6.45) is 3.39. The van der Waals surface area contributed by atoms with Crippen LogP contribution < -0.4 is 0 Å². The number of nitrogens with zero attached hydrogens (tertiary/aromatic N) is 1. The second kappa shape index (κ2) is 5.42. The zero-order valence-corrected chi connectivity index (χ0v) is 12.6. The van der Waals surface area contributed by atoms with Gasteiger partial charge in [0.2, 0.25) is 10.0 Å². The molecule has 0 amide bonds. The topological polar surface area (TPSA) is 74.7 Å². The molecule has 21 heavy (non-hydrogen) atoms. The predicted octanol–water partition coefficient (Wildman–Crippen LogP) is 1.73. The van der Waals surface area contributed by atoms with Gasteiger partial charge < -0.3 is 5.11 Å². The van der Waals surface area contributed by atoms with Crippen LogP contribution in [0.1, 0.15) is 24.8 Å². The van der Waals surface area contributed by atoms with Gasteiger partial charge in [0.25, 0.3) is 0 Å². The van der Waals surface area contributed by atoms with Crippen LogP contribution in [0.5, 0.6) is 0 Å². The maximum atomic E-state index is 12.6. The van der Waals surface area contributed by atoms with E-state index in [1.54, 1.807) is 16.4 Å². The molecule has 114 valence electrons. The minimum atomic E-state index is -3.44. The van der Waals surface area contributed by atoms with Crippen LogP contribution in [0.2, 0.25) is 0 Å². The molecule has 0 bridgehead atoms. The fourth-order valence-corrected chi connectivity index (χ4v) is 5.04. The zero-order chi connectivity index (χ0) is 15.0. The van der Waals surface area contributed by atoms with Gasteiger partial charge in [-0.1, -0.05) is 18.6 Å². The van der Waals surface area contributed by atoms with Gasteiger partial charge in [0.15, 0.2) is 0 Å². The molecule has 1 aromatic rings. The van der Waals surface area contributed by atoms with Crippen molar-refractivity contribution in [1.82, 2.24) is 4.31 Å². The Morgan fingerprint density at radius 3 is 2.24 bits per heavy atom. The summed E-state index contributed by atoms with van der Waals surface area (Å²) >= 11 is 0. The van der Waals surface area contributed by atoms with Crippen molar-refractivity contribution in [3.05, 3.63) is 29.8 Å². The molecule has 1 aromatic carbocycles. The SMILES string of the molecule is O=C(O)Cc1ccc(S(=O)(=O)N2CC3CCCC3C2)cc1. The quantitative estimate of drug-likeness (QED) is 0.919. The molecule has 2 atom stereocenters. The van der Waals surface area contributed by atoms with Gasteiger partial charge in [0, 0.05) is 13.1 Å². The summed E-state index contributed by atoms with van der Waals surface area (Å²) in [7, 11) is -3.44. The Hall–Kier alpha value is -1.40. The number of benzene rings is 1. The standard InChI is InChI=1S/C15H19NO4S/c17-15(18)8-11-4-6-14(7-5-11)21(19,20)16-9-12-2-1-3-13(12)10-16/h4-7,12-13H,1-3,8-10H2,(H,17,18). The Kier molecular flexibility index (Phi) is 3.75. The molecule has 2 unspecified atom stereocenters. The Morgan fingerprint density at radius 2 is 1.71 bits per heavy atom. The molecule has 2 aliphatic rings. The summed E-state index contributed by atoms with van der Waals surface area (Å²) in [4.78, 5) is 10.9. The number of fused-ring (bicyclic) bond motifs is 1. The first kappa shape index (κ1) is 14.5. The van der Waals surface area contributed by atoms with E-state index in [4.69, 9.17) is 5.11 Å². The number of rotatable bonds is 4. The normalized spacial score (nSPS) is 25.9. The van der Waals surface area contributed by atoms with Crippen molar-refractivity contribution >= 4 is 16.0 Å². The summed E-state index contributed by atoms with van der Waals surface area (Å²) in [6.45, 7) is 1.26. The smallest absolute Gasteiger partial charge is 0.307 e. The van der Waals surface area contributed by atoms with Crippen LogP contribution in [-0.4, -0.2) is 36.9 Å². The lowest BCUT2D eigenvalue weighted by molar-refractivity contribution is -0.136. The van der Waals surface area contributed by atoms with E-state index in [0.29, 0.717) is 30.5 Å². The fraction of sp³-hybridized carbons (Fsp3) is 0.533. The zero-order valence-electron chi connectivity index (χ0n) is 11.7. The van der Waals surface area contributed by atoms with Crippen molar-refractivity contribution in [2.75, 3.05) is 13.1 Å². The van der Waals surface area contributed by atoms with Crippen molar-refractivity contribution in [2.24, 2.45) is 11.8 Å². The summed E-state index contributed by atoms with van der Waals surface area (Å²) in [5, 5.41) is 8.73. The number of carboxylic acids is 1. The second-order valence-electron chi connectivity index (χ2n) is 5.99. The Bertz CT molecular complexity index is 626. The summed E-state index contributed by atoms with van der Waals surface area (Å²) in [5.74, 6) is 0.120. The summed E-state index contributed by atoms with van der Waals surface area (Å²) < 4.78 is 26.8. The van der Waals surface area contributed by atoms with E-state index >= 15 is 0 Å².